The summed E-state index contributed by atoms with van der Waals surface area (Å²) in [5, 5.41) is 8.95. The van der Waals surface area contributed by atoms with Crippen LogP contribution in [0.2, 0.25) is 0 Å². The van der Waals surface area contributed by atoms with Crippen molar-refractivity contribution in [2.45, 2.75) is 6.92 Å². The average Bonchev–Trinajstić information content (AvgIpc) is 2.60. The van der Waals surface area contributed by atoms with E-state index in [-0.39, 0.29) is 23.4 Å². The summed E-state index contributed by atoms with van der Waals surface area (Å²) in [5.74, 6) is 0.130. The smallest absolute Gasteiger partial charge is 0.340 e. The Hall–Kier alpha value is -3.33. The van der Waals surface area contributed by atoms with Crippen LogP contribution in [0.15, 0.2) is 35.1 Å². The van der Waals surface area contributed by atoms with Crippen molar-refractivity contribution in [3.63, 3.8) is 0 Å². The summed E-state index contributed by atoms with van der Waals surface area (Å²) in [6.07, 6.45) is 3.33. The lowest BCUT2D eigenvalue weighted by molar-refractivity contribution is 0.0525. The van der Waals surface area contributed by atoms with Crippen LogP contribution >= 0.6 is 0 Å². The molecule has 2 aromatic rings. The van der Waals surface area contributed by atoms with Gasteiger partial charge in [0, 0.05) is 0 Å². The second kappa shape index (κ2) is 7.79. The summed E-state index contributed by atoms with van der Waals surface area (Å²) in [7, 11) is 1.58. The standard InChI is InChI=1S/C18H16N2O4/c1-3-24-18(22)15-10-13(11-19)17(21)20-16(15)9-6-12-4-7-14(23-2)8-5-12/h4-10H,3H2,1-2H3,(H,20,21)/b9-6+. The predicted molar refractivity (Wildman–Crippen MR) is 89.7 cm³/mol. The van der Waals surface area contributed by atoms with Gasteiger partial charge in [0.15, 0.2) is 0 Å². The lowest BCUT2D eigenvalue weighted by Gasteiger charge is -2.06. The quantitative estimate of drug-likeness (QED) is 0.853. The first-order chi connectivity index (χ1) is 11.6. The Bertz CT molecular complexity index is 858. The number of H-pyrrole nitrogens is 1. The number of aromatic amines is 1. The van der Waals surface area contributed by atoms with Crippen molar-refractivity contribution in [1.29, 1.82) is 5.26 Å². The van der Waals surface area contributed by atoms with E-state index in [0.29, 0.717) is 0 Å². The Kier molecular flexibility index (Phi) is 5.53. The number of rotatable bonds is 5. The van der Waals surface area contributed by atoms with Crippen LogP contribution in [0, 0.1) is 11.3 Å². The lowest BCUT2D eigenvalue weighted by atomic mass is 10.1. The molecule has 6 heteroatoms. The van der Waals surface area contributed by atoms with Crippen LogP contribution in [0.5, 0.6) is 5.75 Å². The van der Waals surface area contributed by atoms with Crippen molar-refractivity contribution < 1.29 is 14.3 Å². The van der Waals surface area contributed by atoms with Gasteiger partial charge in [-0.1, -0.05) is 18.2 Å². The minimum Gasteiger partial charge on any atom is -0.497 e. The van der Waals surface area contributed by atoms with Crippen molar-refractivity contribution >= 4 is 18.1 Å². The van der Waals surface area contributed by atoms with Crippen molar-refractivity contribution in [3.8, 4) is 11.8 Å². The van der Waals surface area contributed by atoms with Crippen molar-refractivity contribution in [2.24, 2.45) is 0 Å². The van der Waals surface area contributed by atoms with Crippen molar-refractivity contribution in [1.82, 2.24) is 4.98 Å². The monoisotopic (exact) mass is 324 g/mol. The summed E-state index contributed by atoms with van der Waals surface area (Å²) < 4.78 is 10.1. The number of carbonyl (C=O) groups is 1. The summed E-state index contributed by atoms with van der Waals surface area (Å²) in [6, 6.07) is 10.3. The molecule has 0 aliphatic heterocycles. The second-order valence-corrected chi connectivity index (χ2v) is 4.78. The van der Waals surface area contributed by atoms with E-state index < -0.39 is 11.5 Å². The molecule has 0 bridgehead atoms. The number of hydrogen-bond acceptors (Lipinski definition) is 5. The van der Waals surface area contributed by atoms with E-state index in [1.807, 2.05) is 12.1 Å². The molecule has 2 rings (SSSR count). The zero-order valence-electron chi connectivity index (χ0n) is 13.3. The zero-order chi connectivity index (χ0) is 17.5. The molecule has 0 amide bonds. The molecule has 0 aliphatic carbocycles. The van der Waals surface area contributed by atoms with Gasteiger partial charge in [-0.2, -0.15) is 5.26 Å². The molecule has 6 nitrogen and oxygen atoms in total. The molecule has 0 radical (unpaired) electrons. The fourth-order valence-electron chi connectivity index (χ4n) is 2.03. The summed E-state index contributed by atoms with van der Waals surface area (Å²) >= 11 is 0. The Morgan fingerprint density at radius 2 is 2.00 bits per heavy atom. The van der Waals surface area contributed by atoms with Crippen LogP contribution < -0.4 is 10.3 Å². The number of methoxy groups -OCH3 is 1. The molecule has 0 fully saturated rings. The number of carbonyl (C=O) groups excluding carboxylic acids is 1. The normalized spacial score (nSPS) is 10.4. The van der Waals surface area contributed by atoms with E-state index in [9.17, 15) is 9.59 Å². The maximum absolute atomic E-state index is 12.0. The maximum Gasteiger partial charge on any atom is 0.340 e. The number of esters is 1. The minimum absolute atomic E-state index is 0.137. The number of aromatic nitrogens is 1. The highest BCUT2D eigenvalue weighted by Crippen LogP contribution is 2.15. The van der Waals surface area contributed by atoms with Crippen LogP contribution in [0.25, 0.3) is 12.2 Å². The van der Waals surface area contributed by atoms with Gasteiger partial charge >= 0.3 is 5.97 Å². The molecule has 122 valence electrons. The fourth-order valence-corrected chi connectivity index (χ4v) is 2.03. The van der Waals surface area contributed by atoms with Crippen molar-refractivity contribution in [2.75, 3.05) is 13.7 Å². The number of ether oxygens (including phenoxy) is 2. The number of pyridine rings is 1. The van der Waals surface area contributed by atoms with Gasteiger partial charge in [-0.25, -0.2) is 4.79 Å². The third-order valence-electron chi connectivity index (χ3n) is 3.25. The first-order valence-electron chi connectivity index (χ1n) is 7.25. The first kappa shape index (κ1) is 17.0. The molecule has 1 N–H and O–H groups in total. The van der Waals surface area contributed by atoms with Crippen LogP contribution in [-0.2, 0) is 4.74 Å². The average molecular weight is 324 g/mol. The van der Waals surface area contributed by atoms with Gasteiger partial charge < -0.3 is 14.5 Å². The third kappa shape index (κ3) is 3.90. The summed E-state index contributed by atoms with van der Waals surface area (Å²) in [4.78, 5) is 26.4. The molecule has 0 saturated carbocycles. The molecular formula is C18H16N2O4. The summed E-state index contributed by atoms with van der Waals surface area (Å²) in [6.45, 7) is 1.88. The maximum atomic E-state index is 12.0. The molecule has 1 aromatic heterocycles. The van der Waals surface area contributed by atoms with E-state index >= 15 is 0 Å². The Labute approximate surface area is 139 Å². The molecule has 24 heavy (non-hydrogen) atoms. The topological polar surface area (TPSA) is 92.2 Å². The van der Waals surface area contributed by atoms with Crippen LogP contribution in [0.1, 0.15) is 34.1 Å². The highest BCUT2D eigenvalue weighted by atomic mass is 16.5. The molecule has 0 atom stereocenters. The van der Waals surface area contributed by atoms with E-state index in [1.165, 1.54) is 6.07 Å². The molecular weight excluding hydrogens is 308 g/mol. The van der Waals surface area contributed by atoms with Gasteiger partial charge in [-0.3, -0.25) is 4.79 Å². The molecule has 0 saturated heterocycles. The molecule has 0 spiro atoms. The minimum atomic E-state index is -0.598. The van der Waals surface area contributed by atoms with Gasteiger partial charge in [0.1, 0.15) is 17.4 Å². The van der Waals surface area contributed by atoms with Gasteiger partial charge in [0.25, 0.3) is 5.56 Å². The molecule has 0 aliphatic rings. The van der Waals surface area contributed by atoms with Gasteiger partial charge in [-0.05, 0) is 36.8 Å². The summed E-state index contributed by atoms with van der Waals surface area (Å²) in [5.41, 5.74) is 0.585. The second-order valence-electron chi connectivity index (χ2n) is 4.78. The van der Waals surface area contributed by atoms with Crippen LogP contribution in [0.3, 0.4) is 0 Å². The largest absolute Gasteiger partial charge is 0.497 e. The SMILES string of the molecule is CCOC(=O)c1cc(C#N)c(=O)[nH]c1/C=C/c1ccc(OC)cc1. The Morgan fingerprint density at radius 3 is 2.58 bits per heavy atom. The number of nitrogens with one attached hydrogen (secondary N) is 1. The van der Waals surface area contributed by atoms with Crippen LogP contribution in [-0.4, -0.2) is 24.7 Å². The molecule has 1 heterocycles. The third-order valence-corrected chi connectivity index (χ3v) is 3.25. The Balaban J connectivity index is 2.42. The lowest BCUT2D eigenvalue weighted by Crippen LogP contribution is -2.17. The number of nitrogens with zero attached hydrogens (tertiary/aromatic N) is 1. The van der Waals surface area contributed by atoms with Gasteiger partial charge in [0.05, 0.1) is 25.0 Å². The fraction of sp³-hybridized carbons (Fsp3) is 0.167. The molecule has 0 unspecified atom stereocenters. The molecule has 1 aromatic carbocycles. The highest BCUT2D eigenvalue weighted by Gasteiger charge is 2.14. The zero-order valence-corrected chi connectivity index (χ0v) is 13.3. The number of hydrogen-bond donors (Lipinski definition) is 1. The first-order valence-corrected chi connectivity index (χ1v) is 7.25. The van der Waals surface area contributed by atoms with E-state index in [0.717, 1.165) is 11.3 Å². The number of benzene rings is 1. The van der Waals surface area contributed by atoms with Gasteiger partial charge in [0.2, 0.25) is 0 Å². The van der Waals surface area contributed by atoms with E-state index in [1.54, 1.807) is 44.4 Å². The van der Waals surface area contributed by atoms with E-state index in [4.69, 9.17) is 14.7 Å². The Morgan fingerprint density at radius 1 is 1.29 bits per heavy atom. The van der Waals surface area contributed by atoms with Crippen molar-refractivity contribution in [3.05, 3.63) is 63.1 Å². The number of nitriles is 1. The van der Waals surface area contributed by atoms with Crippen LogP contribution in [0.4, 0.5) is 0 Å². The highest BCUT2D eigenvalue weighted by molar-refractivity contribution is 5.94. The van der Waals surface area contributed by atoms with E-state index in [2.05, 4.69) is 4.98 Å². The predicted octanol–water partition coefficient (Wildman–Crippen LogP) is 2.60. The van der Waals surface area contributed by atoms with Gasteiger partial charge in [-0.15, -0.1) is 0 Å².